The molecule has 0 heterocycles. The average Bonchev–Trinajstić information content (AvgIpc) is 2.50. The van der Waals surface area contributed by atoms with Crippen LogP contribution in [0.5, 0.6) is 0 Å². The molecule has 0 saturated heterocycles. The molecule has 0 radical (unpaired) electrons. The molecule has 1 nitrogen and oxygen atoms in total. The van der Waals surface area contributed by atoms with Crippen LogP contribution in [0.4, 0.5) is 5.69 Å². The molecule has 2 rings (SSSR count). The fourth-order valence-electron chi connectivity index (χ4n) is 0.989. The van der Waals surface area contributed by atoms with Crippen molar-refractivity contribution in [2.45, 2.75) is 0 Å². The molecule has 14 heavy (non-hydrogen) atoms. The summed E-state index contributed by atoms with van der Waals surface area (Å²) in [6.45, 7) is 0. The fraction of sp³-hybridized carbons (Fsp3) is 0. The van der Waals surface area contributed by atoms with Crippen molar-refractivity contribution >= 4 is 21.6 Å². The minimum Gasteiger partial charge on any atom is -0.398 e. The van der Waals surface area contributed by atoms with Crippen LogP contribution in [0.2, 0.25) is 0 Å². The fourth-order valence-corrected chi connectivity index (χ4v) is 1.39. The zero-order chi connectivity index (χ0) is 16.9. The summed E-state index contributed by atoms with van der Waals surface area (Å²) < 4.78 is 62.0. The van der Waals surface area contributed by atoms with E-state index in [0.717, 1.165) is 0 Å². The third kappa shape index (κ3) is 1.66. The maximum absolute atomic E-state index is 7.97. The van der Waals surface area contributed by atoms with Gasteiger partial charge in [-0.25, -0.2) is 0 Å². The molecule has 0 aliphatic carbocycles. The SMILES string of the molecule is [2H]c1c([2H])c([2H])c(-c2c([2H])c([2H])c([2H])c([2H])c2Br)c(N)c1[2H]. The number of rotatable bonds is 1. The van der Waals surface area contributed by atoms with Gasteiger partial charge in [-0.3, -0.25) is 0 Å². The third-order valence-electron chi connectivity index (χ3n) is 1.61. The molecule has 2 N–H and O–H groups in total. The number of nitrogen functional groups attached to an aromatic ring is 1. The van der Waals surface area contributed by atoms with Crippen molar-refractivity contribution in [3.63, 3.8) is 0 Å². The van der Waals surface area contributed by atoms with E-state index in [4.69, 9.17) is 16.7 Å². The van der Waals surface area contributed by atoms with Crippen LogP contribution >= 0.6 is 15.9 Å². The first-order valence-electron chi connectivity index (χ1n) is 7.73. The maximum Gasteiger partial charge on any atom is 0.0645 e. The number of benzene rings is 2. The van der Waals surface area contributed by atoms with Gasteiger partial charge in [0.15, 0.2) is 0 Å². The highest BCUT2D eigenvalue weighted by Crippen LogP contribution is 2.31. The number of hydrogen-bond donors (Lipinski definition) is 1. The molecule has 2 aromatic carbocycles. The minimum atomic E-state index is -0.520. The van der Waals surface area contributed by atoms with E-state index in [1.807, 2.05) is 0 Å². The van der Waals surface area contributed by atoms with E-state index >= 15 is 0 Å². The largest absolute Gasteiger partial charge is 0.398 e. The quantitative estimate of drug-likeness (QED) is 0.773. The first kappa shape index (κ1) is 3.70. The zero-order valence-corrected chi connectivity index (χ0v) is 8.54. The summed E-state index contributed by atoms with van der Waals surface area (Å²) in [5, 5.41) is 0. The molecule has 0 aliphatic heterocycles. The summed E-state index contributed by atoms with van der Waals surface area (Å²) in [6, 6.07) is -3.64. The Morgan fingerprint density at radius 3 is 2.29 bits per heavy atom. The van der Waals surface area contributed by atoms with Gasteiger partial charge in [-0.2, -0.15) is 0 Å². The molecule has 2 heteroatoms. The van der Waals surface area contributed by atoms with Crippen molar-refractivity contribution in [1.29, 1.82) is 0 Å². The lowest BCUT2D eigenvalue weighted by Gasteiger charge is -2.06. The zero-order valence-electron chi connectivity index (χ0n) is 15.0. The topological polar surface area (TPSA) is 26.0 Å². The Hall–Kier alpha value is -1.28. The normalized spacial score (nSPS) is 18.1. The van der Waals surface area contributed by atoms with Gasteiger partial charge in [-0.1, -0.05) is 52.2 Å². The number of para-hydroxylation sites is 1. The van der Waals surface area contributed by atoms with Crippen LogP contribution in [0.3, 0.4) is 0 Å². The smallest absolute Gasteiger partial charge is 0.0645 e. The molecule has 2 aromatic rings. The molecule has 0 spiro atoms. The Morgan fingerprint density at radius 2 is 1.50 bits per heavy atom. The summed E-state index contributed by atoms with van der Waals surface area (Å²) in [5.41, 5.74) is 5.27. The van der Waals surface area contributed by atoms with Gasteiger partial charge >= 0.3 is 0 Å². The van der Waals surface area contributed by atoms with Crippen molar-refractivity contribution in [2.24, 2.45) is 0 Å². The van der Waals surface area contributed by atoms with Crippen molar-refractivity contribution in [2.75, 3.05) is 5.73 Å². The van der Waals surface area contributed by atoms with Crippen LogP contribution in [0.25, 0.3) is 11.1 Å². The lowest BCUT2D eigenvalue weighted by Crippen LogP contribution is -1.89. The summed E-state index contributed by atoms with van der Waals surface area (Å²) in [5.74, 6) is 0. The summed E-state index contributed by atoms with van der Waals surface area (Å²) >= 11 is 3.07. The van der Waals surface area contributed by atoms with E-state index in [1.54, 1.807) is 0 Å². The van der Waals surface area contributed by atoms with E-state index in [0.29, 0.717) is 0 Å². The van der Waals surface area contributed by atoms with Crippen molar-refractivity contribution in [1.82, 2.24) is 0 Å². The van der Waals surface area contributed by atoms with Gasteiger partial charge in [0.05, 0.1) is 11.0 Å². The number of halogens is 1. The predicted molar refractivity (Wildman–Crippen MR) is 64.0 cm³/mol. The predicted octanol–water partition coefficient (Wildman–Crippen LogP) is 3.70. The second-order valence-electron chi connectivity index (χ2n) is 2.48. The minimum absolute atomic E-state index is 0.00442. The summed E-state index contributed by atoms with van der Waals surface area (Å²) in [4.78, 5) is 0. The Kier molecular flexibility index (Phi) is 1.02. The van der Waals surface area contributed by atoms with Gasteiger partial charge in [0, 0.05) is 15.7 Å². The van der Waals surface area contributed by atoms with Gasteiger partial charge in [-0.15, -0.1) is 0 Å². The Labute approximate surface area is 103 Å². The summed E-state index contributed by atoms with van der Waals surface area (Å²) in [6.07, 6.45) is 0. The first-order chi connectivity index (χ1) is 10.1. The highest BCUT2D eigenvalue weighted by molar-refractivity contribution is 9.10. The van der Waals surface area contributed by atoms with E-state index in [-0.39, 0.29) is 27.3 Å². The van der Waals surface area contributed by atoms with E-state index < -0.39 is 42.3 Å². The number of anilines is 1. The summed E-state index contributed by atoms with van der Waals surface area (Å²) in [7, 11) is 0. The third-order valence-corrected chi connectivity index (χ3v) is 2.20. The van der Waals surface area contributed by atoms with Crippen molar-refractivity contribution in [3.8, 4) is 11.1 Å². The molecule has 70 valence electrons. The second kappa shape index (κ2) is 3.84. The molecule has 0 atom stereocenters. The van der Waals surface area contributed by atoms with Crippen LogP contribution in [-0.4, -0.2) is 0 Å². The maximum atomic E-state index is 7.97. The molecule has 0 aliphatic rings. The first-order valence-corrected chi connectivity index (χ1v) is 4.52. The van der Waals surface area contributed by atoms with Crippen LogP contribution < -0.4 is 5.73 Å². The molecular formula is C12H10BrN. The van der Waals surface area contributed by atoms with Crippen LogP contribution in [0, 0.1) is 0 Å². The number of nitrogens with two attached hydrogens (primary N) is 1. The van der Waals surface area contributed by atoms with Gasteiger partial charge in [-0.05, 0) is 17.6 Å². The second-order valence-corrected chi connectivity index (χ2v) is 3.27. The molecule has 0 aromatic heterocycles. The molecular weight excluding hydrogens is 238 g/mol. The monoisotopic (exact) mass is 255 g/mol. The Morgan fingerprint density at radius 1 is 0.929 bits per heavy atom. The average molecular weight is 256 g/mol. The van der Waals surface area contributed by atoms with Gasteiger partial charge in [0.1, 0.15) is 0 Å². The van der Waals surface area contributed by atoms with Gasteiger partial charge in [0.2, 0.25) is 0 Å². The van der Waals surface area contributed by atoms with Crippen molar-refractivity contribution < 1.29 is 11.0 Å². The van der Waals surface area contributed by atoms with Gasteiger partial charge in [0.25, 0.3) is 0 Å². The molecule has 0 amide bonds. The van der Waals surface area contributed by atoms with Crippen LogP contribution in [0.1, 0.15) is 11.0 Å². The Balaban J connectivity index is 3.03. The van der Waals surface area contributed by atoms with Gasteiger partial charge < -0.3 is 5.73 Å². The molecule has 0 saturated carbocycles. The van der Waals surface area contributed by atoms with Crippen LogP contribution in [0.15, 0.2) is 52.8 Å². The number of hydrogen-bond acceptors (Lipinski definition) is 1. The van der Waals surface area contributed by atoms with E-state index in [2.05, 4.69) is 15.9 Å². The highest BCUT2D eigenvalue weighted by atomic mass is 79.9. The Bertz CT molecular complexity index is 679. The standard InChI is InChI=1S/C12H10BrN/c13-11-7-3-1-5-9(11)10-6-2-4-8-12(10)14/h1-8H,14H2/i1D,2D,3D,4D,5D,6D,7D,8D. The van der Waals surface area contributed by atoms with Crippen molar-refractivity contribution in [3.05, 3.63) is 52.8 Å². The molecule has 0 fully saturated rings. The van der Waals surface area contributed by atoms with E-state index in [1.165, 1.54) is 0 Å². The highest BCUT2D eigenvalue weighted by Gasteiger charge is 2.03. The molecule has 0 unspecified atom stereocenters. The van der Waals surface area contributed by atoms with E-state index in [9.17, 15) is 0 Å². The lowest BCUT2D eigenvalue weighted by atomic mass is 10.0. The van der Waals surface area contributed by atoms with Crippen LogP contribution in [-0.2, 0) is 0 Å². The molecule has 0 bridgehead atoms. The lowest BCUT2D eigenvalue weighted by molar-refractivity contribution is 1.58.